The van der Waals surface area contributed by atoms with Crippen LogP contribution in [0, 0.1) is 0 Å². The summed E-state index contributed by atoms with van der Waals surface area (Å²) in [6.45, 7) is 0.0752. The second kappa shape index (κ2) is 10.6. The van der Waals surface area contributed by atoms with Crippen LogP contribution in [0.1, 0.15) is 0 Å². The summed E-state index contributed by atoms with van der Waals surface area (Å²) in [7, 11) is 0. The van der Waals surface area contributed by atoms with Gasteiger partial charge in [-0.1, -0.05) is 109 Å². The van der Waals surface area contributed by atoms with E-state index in [0.717, 1.165) is 21.9 Å². The number of anilines is 2. The molecule has 8 aromatic carbocycles. The average molecular weight is 678 g/mol. The quantitative estimate of drug-likeness (QED) is 0.169. The van der Waals surface area contributed by atoms with Crippen molar-refractivity contribution in [2.45, 2.75) is 0 Å². The fraction of sp³-hybridized carbons (Fsp3) is 0. The van der Waals surface area contributed by atoms with E-state index < -0.39 is 0 Å². The van der Waals surface area contributed by atoms with Gasteiger partial charge in [0.15, 0.2) is 0 Å². The van der Waals surface area contributed by atoms with Crippen molar-refractivity contribution in [2.24, 2.45) is 0 Å². The summed E-state index contributed by atoms with van der Waals surface area (Å²) in [6.07, 6.45) is 0. The smallest absolute Gasteiger partial charge is 0.329 e. The highest BCUT2D eigenvalue weighted by molar-refractivity contribution is 7.25. The molecule has 2 aliphatic rings. The topological polar surface area (TPSA) is 16.4 Å². The molecular weight excluding hydrogens is 649 g/mol. The van der Waals surface area contributed by atoms with Crippen molar-refractivity contribution in [1.82, 2.24) is 0 Å². The van der Waals surface area contributed by atoms with Crippen LogP contribution < -0.4 is 15.7 Å². The van der Waals surface area contributed by atoms with Crippen molar-refractivity contribution in [3.8, 4) is 44.5 Å². The van der Waals surface area contributed by atoms with Gasteiger partial charge < -0.3 is 9.23 Å². The SMILES string of the molecule is c1ccc2c(c1)B1c3ccccc3-c3cc(-c4ccc5sc6ccccc6c5c4)ccc3N1c1ccc(-c3ccc4oc5ccccc5c4c3)cc1-2. The number of hydrogen-bond acceptors (Lipinski definition) is 3. The van der Waals surface area contributed by atoms with E-state index in [1.54, 1.807) is 0 Å². The fourth-order valence-corrected chi connectivity index (χ4v) is 10.00. The highest BCUT2D eigenvalue weighted by atomic mass is 32.1. The van der Waals surface area contributed by atoms with Crippen LogP contribution in [0.5, 0.6) is 0 Å². The zero-order valence-corrected chi connectivity index (χ0v) is 28.8. The molecule has 0 N–H and O–H groups in total. The van der Waals surface area contributed by atoms with Crippen LogP contribution in [-0.2, 0) is 0 Å². The van der Waals surface area contributed by atoms with E-state index in [4.69, 9.17) is 4.42 Å². The molecule has 10 aromatic rings. The molecule has 0 amide bonds. The lowest BCUT2D eigenvalue weighted by molar-refractivity contribution is 0.669. The summed E-state index contributed by atoms with van der Waals surface area (Å²) >= 11 is 1.87. The number of hydrogen-bond donors (Lipinski definition) is 0. The van der Waals surface area contributed by atoms with E-state index >= 15 is 0 Å². The monoisotopic (exact) mass is 677 g/mol. The second-order valence-electron chi connectivity index (χ2n) is 14.0. The minimum Gasteiger partial charge on any atom is -0.456 e. The van der Waals surface area contributed by atoms with Gasteiger partial charge >= 0.3 is 6.85 Å². The highest BCUT2D eigenvalue weighted by Crippen LogP contribution is 2.48. The van der Waals surface area contributed by atoms with Gasteiger partial charge in [0.25, 0.3) is 0 Å². The largest absolute Gasteiger partial charge is 0.456 e. The first-order chi connectivity index (χ1) is 25.8. The second-order valence-corrected chi connectivity index (χ2v) is 15.1. The molecule has 0 fully saturated rings. The molecule has 0 spiro atoms. The van der Waals surface area contributed by atoms with Crippen LogP contribution >= 0.6 is 11.3 Å². The molecule has 0 unspecified atom stereocenters. The van der Waals surface area contributed by atoms with Gasteiger partial charge in [-0.25, -0.2) is 0 Å². The van der Waals surface area contributed by atoms with Gasteiger partial charge in [-0.15, -0.1) is 11.3 Å². The minimum absolute atomic E-state index is 0.0752. The first kappa shape index (κ1) is 28.4. The lowest BCUT2D eigenvalue weighted by Gasteiger charge is -2.43. The van der Waals surface area contributed by atoms with E-state index in [9.17, 15) is 0 Å². The molecule has 0 atom stereocenters. The van der Waals surface area contributed by atoms with Gasteiger partial charge in [0, 0.05) is 53.4 Å². The summed E-state index contributed by atoms with van der Waals surface area (Å²) in [4.78, 5) is 2.59. The fourth-order valence-electron chi connectivity index (χ4n) is 8.91. The predicted octanol–water partition coefficient (Wildman–Crippen LogP) is 12.2. The summed E-state index contributed by atoms with van der Waals surface area (Å²) < 4.78 is 8.83. The Morgan fingerprint density at radius 1 is 0.385 bits per heavy atom. The van der Waals surface area contributed by atoms with Gasteiger partial charge in [0.2, 0.25) is 0 Å². The van der Waals surface area contributed by atoms with Crippen LogP contribution in [0.3, 0.4) is 0 Å². The van der Waals surface area contributed by atoms with E-state index in [0.29, 0.717) is 0 Å². The van der Waals surface area contributed by atoms with E-state index in [1.165, 1.54) is 87.0 Å². The Kier molecular flexibility index (Phi) is 5.77. The average Bonchev–Trinajstić information content (AvgIpc) is 3.78. The van der Waals surface area contributed by atoms with Crippen molar-refractivity contribution in [2.75, 3.05) is 4.81 Å². The number of furan rings is 1. The first-order valence-corrected chi connectivity index (χ1v) is 18.7. The predicted molar refractivity (Wildman–Crippen MR) is 222 cm³/mol. The van der Waals surface area contributed by atoms with Crippen LogP contribution in [0.15, 0.2) is 174 Å². The molecule has 2 aromatic heterocycles. The maximum atomic E-state index is 6.16. The van der Waals surface area contributed by atoms with Gasteiger partial charge in [-0.3, -0.25) is 0 Å². The van der Waals surface area contributed by atoms with Crippen molar-refractivity contribution >= 4 is 82.6 Å². The number of para-hydroxylation sites is 1. The minimum atomic E-state index is 0.0752. The summed E-state index contributed by atoms with van der Waals surface area (Å²) in [5.74, 6) is 0. The van der Waals surface area contributed by atoms with E-state index in [1.807, 2.05) is 23.5 Å². The Labute approximate surface area is 304 Å². The Morgan fingerprint density at radius 2 is 0.904 bits per heavy atom. The van der Waals surface area contributed by atoms with Gasteiger partial charge in [0.1, 0.15) is 11.2 Å². The van der Waals surface area contributed by atoms with Crippen molar-refractivity contribution < 1.29 is 4.42 Å². The normalized spacial score (nSPS) is 12.9. The van der Waals surface area contributed by atoms with Gasteiger partial charge in [-0.05, 0) is 105 Å². The lowest BCUT2D eigenvalue weighted by Crippen LogP contribution is -2.59. The van der Waals surface area contributed by atoms with Crippen LogP contribution in [0.4, 0.5) is 11.4 Å². The zero-order chi connectivity index (χ0) is 33.9. The molecule has 2 aliphatic heterocycles. The molecule has 0 aliphatic carbocycles. The zero-order valence-electron chi connectivity index (χ0n) is 28.0. The lowest BCUT2D eigenvalue weighted by atomic mass is 9.43. The summed E-state index contributed by atoms with van der Waals surface area (Å²) in [5, 5.41) is 4.96. The van der Waals surface area contributed by atoms with Crippen molar-refractivity contribution in [3.05, 3.63) is 170 Å². The Hall–Kier alpha value is -6.36. The third kappa shape index (κ3) is 3.96. The number of fused-ring (bicyclic) bond motifs is 17. The number of nitrogens with zero attached hydrogens (tertiary/aromatic N) is 1. The molecule has 4 heteroatoms. The van der Waals surface area contributed by atoms with E-state index in [2.05, 4.69) is 163 Å². The van der Waals surface area contributed by atoms with Gasteiger partial charge in [0.05, 0.1) is 0 Å². The summed E-state index contributed by atoms with van der Waals surface area (Å²) in [6, 6.07) is 62.7. The molecule has 0 saturated carbocycles. The maximum absolute atomic E-state index is 6.16. The Morgan fingerprint density at radius 3 is 1.63 bits per heavy atom. The third-order valence-corrected chi connectivity index (χ3v) is 12.4. The molecular formula is C48H28BNOS. The Bertz CT molecular complexity index is 2910. The molecule has 4 heterocycles. The molecule has 12 rings (SSSR count). The van der Waals surface area contributed by atoms with Crippen molar-refractivity contribution in [1.29, 1.82) is 0 Å². The Balaban J connectivity index is 1.04. The molecule has 0 bridgehead atoms. The number of rotatable bonds is 2. The van der Waals surface area contributed by atoms with E-state index in [-0.39, 0.29) is 6.85 Å². The highest BCUT2D eigenvalue weighted by Gasteiger charge is 2.42. The third-order valence-electron chi connectivity index (χ3n) is 11.3. The molecule has 52 heavy (non-hydrogen) atoms. The summed E-state index contributed by atoms with van der Waals surface area (Å²) in [5.41, 5.74) is 17.0. The molecule has 2 nitrogen and oxygen atoms in total. The van der Waals surface area contributed by atoms with Gasteiger partial charge in [-0.2, -0.15) is 0 Å². The standard InChI is InChI=1S/C48H28BNOS/c1-5-13-41-33(9-1)37-25-29(31-19-23-46-39(27-31)35-11-3-7-15-45(35)51-46)17-21-43(37)50-44-22-18-30(26-38(44)34-10-2-6-14-42(34)49(41)50)32-20-24-48-40(28-32)36-12-4-8-16-47(36)52-48/h1-28H. The maximum Gasteiger partial charge on any atom is 0.329 e. The molecule has 0 saturated heterocycles. The molecule has 0 radical (unpaired) electrons. The van der Waals surface area contributed by atoms with Crippen molar-refractivity contribution in [3.63, 3.8) is 0 Å². The van der Waals surface area contributed by atoms with Crippen LogP contribution in [0.2, 0.25) is 0 Å². The first-order valence-electron chi connectivity index (χ1n) is 17.9. The molecule has 240 valence electrons. The van der Waals surface area contributed by atoms with Crippen LogP contribution in [0.25, 0.3) is 86.6 Å². The number of benzene rings is 8. The number of thiophene rings is 1. The van der Waals surface area contributed by atoms with Crippen LogP contribution in [-0.4, -0.2) is 6.85 Å².